The number of anilines is 2. The number of nitrogens with zero attached hydrogens (tertiary/aromatic N) is 2. The molecule has 1 heterocycles. The molecule has 2 aromatic rings. The van der Waals surface area contributed by atoms with E-state index in [4.69, 9.17) is 7.98 Å². The number of benzene rings is 2. The van der Waals surface area contributed by atoms with Gasteiger partial charge in [-0.2, -0.15) is 0 Å². The first-order chi connectivity index (χ1) is 9.63. The molecule has 0 spiro atoms. The summed E-state index contributed by atoms with van der Waals surface area (Å²) >= 11 is 0. The van der Waals surface area contributed by atoms with Gasteiger partial charge in [0.25, 0.3) is 0 Å². The van der Waals surface area contributed by atoms with E-state index in [2.05, 4.69) is 17.0 Å². The van der Waals surface area contributed by atoms with E-state index in [-0.39, 0.29) is 175 Å². The van der Waals surface area contributed by atoms with Crippen molar-refractivity contribution < 1.29 is 168 Å². The molecule has 1 aliphatic rings. The maximum atomic E-state index is 12.5. The van der Waals surface area contributed by atoms with Gasteiger partial charge in [0.05, 0.1) is 0 Å². The molecule has 3 rings (SSSR count). The van der Waals surface area contributed by atoms with E-state index in [9.17, 15) is 4.79 Å². The first-order valence-electron chi connectivity index (χ1n) is 6.27. The normalized spacial score (nSPS) is 12.6. The summed E-state index contributed by atoms with van der Waals surface area (Å²) < 4.78 is 0. The zero-order valence-electron chi connectivity index (χ0n) is 14.2. The second kappa shape index (κ2) is 15.0. The Labute approximate surface area is 276 Å². The van der Waals surface area contributed by atoms with Crippen LogP contribution in [0, 0.1) is 26.0 Å². The van der Waals surface area contributed by atoms with Gasteiger partial charge in [-0.05, 0) is 17.8 Å². The van der Waals surface area contributed by atoms with Crippen molar-refractivity contribution in [3.8, 4) is 0 Å². The standard InChI is InChI=1S/C16H11BN2O.5Y/c1-10-8-13-14(9-11(10)2)19(16(20)15(13)18-17)12-6-4-3-5-7-12;;;;;/h3-7H,1-2H3;;;;;/q-2;;;;;. The van der Waals surface area contributed by atoms with Gasteiger partial charge >= 0.3 is 0 Å². The minimum Gasteiger partial charge on any atom is -0.407 e. The summed E-state index contributed by atoms with van der Waals surface area (Å²) in [6.07, 6.45) is 0. The van der Waals surface area contributed by atoms with E-state index in [1.165, 1.54) is 0 Å². The van der Waals surface area contributed by atoms with Crippen molar-refractivity contribution in [3.63, 3.8) is 0 Å². The number of carbonyl (C=O) groups is 1. The smallest absolute Gasteiger partial charge is 0.241 e. The van der Waals surface area contributed by atoms with E-state index in [1.54, 1.807) is 4.90 Å². The zero-order valence-corrected chi connectivity index (χ0v) is 28.3. The molecule has 0 saturated carbocycles. The molecule has 2 aromatic carbocycles. The molecule has 0 fully saturated rings. The molecule has 1 aliphatic heterocycles. The maximum Gasteiger partial charge on any atom is 0.241 e. The Morgan fingerprint density at radius 2 is 1.44 bits per heavy atom. The second-order valence-corrected chi connectivity index (χ2v) is 4.68. The molecule has 3 nitrogen and oxygen atoms in total. The number of amides is 1. The largest absolute Gasteiger partial charge is 0.407 e. The van der Waals surface area contributed by atoms with Crippen LogP contribution >= 0.6 is 0 Å². The van der Waals surface area contributed by atoms with Gasteiger partial charge in [-0.1, -0.05) is 25.1 Å². The van der Waals surface area contributed by atoms with Crippen LogP contribution in [0.1, 0.15) is 16.7 Å². The molecule has 9 heteroatoms. The van der Waals surface area contributed by atoms with Gasteiger partial charge in [0, 0.05) is 169 Å². The summed E-state index contributed by atoms with van der Waals surface area (Å²) in [4.78, 5) is 17.7. The molecule has 0 aliphatic carbocycles. The number of carbonyl (C=O) groups excluding carboxylic acids is 1. The van der Waals surface area contributed by atoms with Crippen LogP contribution in [0.4, 0.5) is 11.4 Å². The summed E-state index contributed by atoms with van der Waals surface area (Å²) in [5.74, 6) is -0.244. The minimum atomic E-state index is -0.244. The topological polar surface area (TPSA) is 32.7 Å². The molecular weight excluding hydrogens is 692 g/mol. The zero-order chi connectivity index (χ0) is 14.3. The molecule has 0 N–H and O–H groups in total. The van der Waals surface area contributed by atoms with Crippen LogP contribution in [0.5, 0.6) is 0 Å². The summed E-state index contributed by atoms with van der Waals surface area (Å²) in [6.45, 7) is 3.87. The summed E-state index contributed by atoms with van der Waals surface area (Å²) in [6, 6.07) is 15.8. The molecule has 1 amide bonds. The van der Waals surface area contributed by atoms with Crippen LogP contribution in [0.2, 0.25) is 0 Å². The van der Waals surface area contributed by atoms with Crippen LogP contribution in [-0.4, -0.2) is 19.6 Å². The van der Waals surface area contributed by atoms with Gasteiger partial charge in [-0.25, -0.2) is 16.7 Å². The molecule has 0 unspecified atom stereocenters. The van der Waals surface area contributed by atoms with E-state index in [0.717, 1.165) is 16.8 Å². The average molecular weight is 703 g/mol. The molecule has 0 aromatic heterocycles. The van der Waals surface area contributed by atoms with Crippen LogP contribution < -0.4 is 4.90 Å². The quantitative estimate of drug-likeness (QED) is 0.333. The van der Waals surface area contributed by atoms with Gasteiger partial charge in [0.1, 0.15) is 0 Å². The fourth-order valence-corrected chi connectivity index (χ4v) is 2.27. The van der Waals surface area contributed by atoms with E-state index in [0.29, 0.717) is 11.3 Å². The minimum absolute atomic E-state index is 0. The second-order valence-electron chi connectivity index (χ2n) is 4.68. The number of rotatable bonds is 1. The van der Waals surface area contributed by atoms with Crippen molar-refractivity contribution in [2.24, 2.45) is 4.90 Å². The third kappa shape index (κ3) is 7.12. The van der Waals surface area contributed by atoms with Gasteiger partial charge in [-0.3, -0.25) is 16.9 Å². The predicted molar refractivity (Wildman–Crippen MR) is 79.5 cm³/mol. The van der Waals surface area contributed by atoms with E-state index in [1.807, 2.05) is 44.2 Å². The fourth-order valence-electron chi connectivity index (χ4n) is 2.27. The Morgan fingerprint density at radius 3 is 1.96 bits per heavy atom. The van der Waals surface area contributed by atoms with Crippen molar-refractivity contribution >= 4 is 31.0 Å². The predicted octanol–water partition coefficient (Wildman–Crippen LogP) is 2.44. The van der Waals surface area contributed by atoms with Crippen LogP contribution in [0.15, 0.2) is 35.2 Å². The summed E-state index contributed by atoms with van der Waals surface area (Å²) in [5, 5.41) is 0. The molecule has 111 valence electrons. The first kappa shape index (κ1) is 32.8. The molecule has 0 saturated heterocycles. The summed E-state index contributed by atoms with van der Waals surface area (Å²) in [7, 11) is 5.37. The molecular formula is C16H11BN2OY5-2. The monoisotopic (exact) mass is 703 g/mol. The molecule has 25 heavy (non-hydrogen) atoms. The van der Waals surface area contributed by atoms with Gasteiger partial charge in [0.15, 0.2) is 0 Å². The SMILES string of the molecule is [B]N=C1C(=O)N(c2ccccc2)c2[c-]c(C)c(C)[c-]c21.[Y].[Y].[Y].[Y].[Y]. The van der Waals surface area contributed by atoms with Crippen molar-refractivity contribution in [2.45, 2.75) is 13.8 Å². The number of fused-ring (bicyclic) bond motifs is 1. The summed E-state index contributed by atoms with van der Waals surface area (Å²) in [5.41, 5.74) is 4.16. The Kier molecular flexibility index (Phi) is 19.7. The Hall–Kier alpha value is 3.16. The van der Waals surface area contributed by atoms with Gasteiger partial charge < -0.3 is 9.80 Å². The number of hydrogen-bond acceptors (Lipinski definition) is 2. The third-order valence-electron chi connectivity index (χ3n) is 3.43. The van der Waals surface area contributed by atoms with E-state index < -0.39 is 0 Å². The Morgan fingerprint density at radius 1 is 0.920 bits per heavy atom. The Bertz CT molecular complexity index is 741. The van der Waals surface area contributed by atoms with Crippen LogP contribution in [0.25, 0.3) is 0 Å². The van der Waals surface area contributed by atoms with Crippen molar-refractivity contribution in [1.82, 2.24) is 0 Å². The molecule has 7 radical (unpaired) electrons. The van der Waals surface area contributed by atoms with Gasteiger partial charge in [-0.15, -0.1) is 12.6 Å². The van der Waals surface area contributed by atoms with Gasteiger partial charge in [0.2, 0.25) is 13.9 Å². The van der Waals surface area contributed by atoms with Crippen molar-refractivity contribution in [3.05, 3.63) is 59.2 Å². The average Bonchev–Trinajstić information content (AvgIpc) is 2.71. The molecule has 0 atom stereocenters. The first-order valence-corrected chi connectivity index (χ1v) is 6.27. The van der Waals surface area contributed by atoms with E-state index >= 15 is 0 Å². The number of hydrogen-bond donors (Lipinski definition) is 0. The van der Waals surface area contributed by atoms with Crippen LogP contribution in [-0.2, 0) is 168 Å². The van der Waals surface area contributed by atoms with Crippen molar-refractivity contribution in [1.29, 1.82) is 0 Å². The van der Waals surface area contributed by atoms with Crippen molar-refractivity contribution in [2.75, 3.05) is 4.90 Å². The van der Waals surface area contributed by atoms with Crippen LogP contribution in [0.3, 0.4) is 0 Å². The molecule has 0 bridgehead atoms. The maximum absolute atomic E-state index is 12.5. The fraction of sp³-hybridized carbons (Fsp3) is 0.125. The third-order valence-corrected chi connectivity index (χ3v) is 3.43. The number of aryl methyl sites for hydroxylation is 2. The number of para-hydroxylation sites is 1. The Balaban J connectivity index is -0.000000968.